The summed E-state index contributed by atoms with van der Waals surface area (Å²) in [6.45, 7) is 0. The van der Waals surface area contributed by atoms with Crippen molar-refractivity contribution in [1.82, 2.24) is 0 Å². The van der Waals surface area contributed by atoms with E-state index in [-0.39, 0.29) is 18.8 Å². The fraction of sp³-hybridized carbons (Fsp3) is 0.222. The first kappa shape index (κ1) is 11.8. The number of aliphatic carboxylic acids is 1. The lowest BCUT2D eigenvalue weighted by molar-refractivity contribution is -0.136. The second kappa shape index (κ2) is 5.43. The molecule has 13 heavy (non-hydrogen) atoms. The lowest BCUT2D eigenvalue weighted by Crippen LogP contribution is -1.97. The summed E-state index contributed by atoms with van der Waals surface area (Å²) in [4.78, 5) is 10.2. The van der Waals surface area contributed by atoms with E-state index < -0.39 is 5.97 Å². The number of rotatable bonds is 3. The van der Waals surface area contributed by atoms with Crippen LogP contribution in [0.2, 0.25) is 0 Å². The highest BCUT2D eigenvalue weighted by Crippen LogP contribution is 2.07. The Labute approximate surface area is 83.0 Å². The van der Waals surface area contributed by atoms with Crippen LogP contribution in [-0.2, 0) is 11.2 Å². The van der Waals surface area contributed by atoms with Gasteiger partial charge in [-0.05, 0) is 24.1 Å². The summed E-state index contributed by atoms with van der Waals surface area (Å²) >= 11 is 0. The zero-order valence-corrected chi connectivity index (χ0v) is 7.88. The first-order chi connectivity index (χ1) is 5.68. The molecule has 0 amide bonds. The highest BCUT2D eigenvalue weighted by molar-refractivity contribution is 5.85. The van der Waals surface area contributed by atoms with Crippen LogP contribution in [0.1, 0.15) is 12.0 Å². The van der Waals surface area contributed by atoms with Crippen LogP contribution in [0.25, 0.3) is 0 Å². The Bertz CT molecular complexity index is 271. The molecular weight excluding hydrogens is 190 g/mol. The van der Waals surface area contributed by atoms with Crippen LogP contribution in [0.5, 0.6) is 0 Å². The molecule has 0 atom stereocenters. The summed E-state index contributed by atoms with van der Waals surface area (Å²) in [7, 11) is 0. The average molecular weight is 202 g/mol. The largest absolute Gasteiger partial charge is 0.481 e. The van der Waals surface area contributed by atoms with Crippen molar-refractivity contribution in [1.29, 1.82) is 0 Å². The van der Waals surface area contributed by atoms with Crippen LogP contribution in [0, 0.1) is 0 Å². The molecule has 0 unspecified atom stereocenters. The van der Waals surface area contributed by atoms with Gasteiger partial charge in [0.05, 0.1) is 0 Å². The maximum absolute atomic E-state index is 10.2. The Morgan fingerprint density at radius 3 is 2.31 bits per heavy atom. The number of carbonyl (C=O) groups is 1. The first-order valence-electron chi connectivity index (χ1n) is 3.74. The molecule has 4 heteroatoms. The van der Waals surface area contributed by atoms with Gasteiger partial charge in [-0.2, -0.15) is 0 Å². The maximum atomic E-state index is 10.2. The summed E-state index contributed by atoms with van der Waals surface area (Å²) < 4.78 is 0. The number of hydrogen-bond donors (Lipinski definition) is 2. The Morgan fingerprint density at radius 2 is 1.85 bits per heavy atom. The fourth-order valence-electron chi connectivity index (χ4n) is 0.936. The minimum absolute atomic E-state index is 0. The van der Waals surface area contributed by atoms with Crippen LogP contribution >= 0.6 is 12.4 Å². The monoisotopic (exact) mass is 201 g/mol. The molecule has 0 aliphatic rings. The number of carboxylic acid groups (broad SMARTS) is 1. The van der Waals surface area contributed by atoms with Gasteiger partial charge >= 0.3 is 5.97 Å². The van der Waals surface area contributed by atoms with E-state index in [2.05, 4.69) is 0 Å². The van der Waals surface area contributed by atoms with Gasteiger partial charge in [-0.25, -0.2) is 0 Å². The van der Waals surface area contributed by atoms with Gasteiger partial charge in [-0.15, -0.1) is 12.4 Å². The number of hydrogen-bond acceptors (Lipinski definition) is 2. The van der Waals surface area contributed by atoms with E-state index in [1.807, 2.05) is 12.1 Å². The zero-order valence-electron chi connectivity index (χ0n) is 7.06. The smallest absolute Gasteiger partial charge is 0.303 e. The van der Waals surface area contributed by atoms with Crippen LogP contribution < -0.4 is 5.73 Å². The zero-order chi connectivity index (χ0) is 8.97. The minimum atomic E-state index is -0.771. The molecule has 1 aromatic carbocycles. The third-order valence-electron chi connectivity index (χ3n) is 1.61. The van der Waals surface area contributed by atoms with Gasteiger partial charge in [-0.1, -0.05) is 12.1 Å². The van der Waals surface area contributed by atoms with E-state index in [9.17, 15) is 4.79 Å². The molecule has 0 aliphatic carbocycles. The van der Waals surface area contributed by atoms with Crippen molar-refractivity contribution in [3.05, 3.63) is 29.8 Å². The number of benzene rings is 1. The molecule has 0 aromatic heterocycles. The summed E-state index contributed by atoms with van der Waals surface area (Å²) in [5, 5.41) is 8.40. The van der Waals surface area contributed by atoms with Crippen molar-refractivity contribution in [3.8, 4) is 0 Å². The van der Waals surface area contributed by atoms with Crippen molar-refractivity contribution in [2.75, 3.05) is 5.73 Å². The van der Waals surface area contributed by atoms with Crippen molar-refractivity contribution >= 4 is 24.1 Å². The molecular formula is C9H12ClNO2. The van der Waals surface area contributed by atoms with E-state index in [4.69, 9.17) is 10.8 Å². The first-order valence-corrected chi connectivity index (χ1v) is 3.74. The number of nitrogen functional groups attached to an aromatic ring is 1. The molecule has 0 fully saturated rings. The normalized spacial score (nSPS) is 8.92. The van der Waals surface area contributed by atoms with Crippen LogP contribution in [-0.4, -0.2) is 11.1 Å². The number of anilines is 1. The Balaban J connectivity index is 0.00000144. The molecule has 72 valence electrons. The predicted molar refractivity (Wildman–Crippen MR) is 54.1 cm³/mol. The number of nitrogens with two attached hydrogens (primary N) is 1. The maximum Gasteiger partial charge on any atom is 0.303 e. The molecule has 0 heterocycles. The summed E-state index contributed by atoms with van der Waals surface area (Å²) in [6.07, 6.45) is 0.736. The number of carboxylic acids is 1. The summed E-state index contributed by atoms with van der Waals surface area (Å²) in [5.41, 5.74) is 7.18. The molecule has 3 nitrogen and oxygen atoms in total. The van der Waals surface area contributed by atoms with Gasteiger partial charge in [0.15, 0.2) is 0 Å². The van der Waals surface area contributed by atoms with Gasteiger partial charge < -0.3 is 10.8 Å². The lowest BCUT2D eigenvalue weighted by atomic mass is 10.1. The molecule has 0 radical (unpaired) electrons. The molecule has 0 spiro atoms. The van der Waals surface area contributed by atoms with Crippen LogP contribution in [0.4, 0.5) is 5.69 Å². The summed E-state index contributed by atoms with van der Waals surface area (Å²) in [5.74, 6) is -0.771. The third-order valence-corrected chi connectivity index (χ3v) is 1.61. The molecule has 0 saturated heterocycles. The second-order valence-corrected chi connectivity index (χ2v) is 2.64. The molecule has 0 saturated carbocycles. The van der Waals surface area contributed by atoms with Crippen LogP contribution in [0.15, 0.2) is 24.3 Å². The Hall–Kier alpha value is -1.22. The van der Waals surface area contributed by atoms with Crippen LogP contribution in [0.3, 0.4) is 0 Å². The molecule has 1 rings (SSSR count). The Kier molecular flexibility index (Phi) is 4.92. The van der Waals surface area contributed by atoms with Crippen molar-refractivity contribution < 1.29 is 9.90 Å². The molecule has 0 bridgehead atoms. The third kappa shape index (κ3) is 4.38. The van der Waals surface area contributed by atoms with Gasteiger partial charge in [0, 0.05) is 12.1 Å². The van der Waals surface area contributed by atoms with E-state index in [0.29, 0.717) is 12.1 Å². The highest BCUT2D eigenvalue weighted by atomic mass is 35.5. The van der Waals surface area contributed by atoms with Gasteiger partial charge in [0.1, 0.15) is 0 Å². The minimum Gasteiger partial charge on any atom is -0.481 e. The van der Waals surface area contributed by atoms with E-state index in [1.54, 1.807) is 12.1 Å². The summed E-state index contributed by atoms with van der Waals surface area (Å²) in [6, 6.07) is 7.24. The highest BCUT2D eigenvalue weighted by Gasteiger charge is 1.97. The van der Waals surface area contributed by atoms with Gasteiger partial charge in [-0.3, -0.25) is 4.79 Å². The predicted octanol–water partition coefficient (Wildman–Crippen LogP) is 1.71. The fourth-order valence-corrected chi connectivity index (χ4v) is 0.936. The quantitative estimate of drug-likeness (QED) is 0.732. The molecule has 3 N–H and O–H groups in total. The molecule has 0 aliphatic heterocycles. The van der Waals surface area contributed by atoms with Crippen molar-refractivity contribution in [3.63, 3.8) is 0 Å². The average Bonchev–Trinajstić information content (AvgIpc) is 2.03. The van der Waals surface area contributed by atoms with E-state index in [1.165, 1.54) is 0 Å². The Morgan fingerprint density at radius 1 is 1.31 bits per heavy atom. The van der Waals surface area contributed by atoms with Gasteiger partial charge in [0.2, 0.25) is 0 Å². The number of halogens is 1. The standard InChI is InChI=1S/C9H11NO2.ClH/c10-8-4-1-7(2-5-8)3-6-9(11)12;/h1-2,4-5H,3,6,10H2,(H,11,12);1H. The topological polar surface area (TPSA) is 63.3 Å². The SMILES string of the molecule is Cl.Nc1ccc(CCC(=O)O)cc1. The van der Waals surface area contributed by atoms with E-state index >= 15 is 0 Å². The molecule has 1 aromatic rings. The number of aryl methyl sites for hydroxylation is 1. The van der Waals surface area contributed by atoms with Crippen molar-refractivity contribution in [2.24, 2.45) is 0 Å². The van der Waals surface area contributed by atoms with Gasteiger partial charge in [0.25, 0.3) is 0 Å². The lowest BCUT2D eigenvalue weighted by Gasteiger charge is -1.98. The van der Waals surface area contributed by atoms with Crippen molar-refractivity contribution in [2.45, 2.75) is 12.8 Å². The van der Waals surface area contributed by atoms with E-state index in [0.717, 1.165) is 5.56 Å². The second-order valence-electron chi connectivity index (χ2n) is 2.64.